The van der Waals surface area contributed by atoms with Crippen LogP contribution in [0, 0.1) is 0 Å². The lowest BCUT2D eigenvalue weighted by atomic mass is 9.94. The number of nitrogens with zero attached hydrogens (tertiary/aromatic N) is 3. The molecule has 1 aromatic carbocycles. The predicted octanol–water partition coefficient (Wildman–Crippen LogP) is 2.47. The Bertz CT molecular complexity index is 808. The maximum Gasteiger partial charge on any atom is 0.325 e. The van der Waals surface area contributed by atoms with E-state index in [0.717, 1.165) is 35.7 Å². The van der Waals surface area contributed by atoms with Crippen molar-refractivity contribution in [3.8, 4) is 5.75 Å². The molecule has 7 nitrogen and oxygen atoms in total. The van der Waals surface area contributed by atoms with Gasteiger partial charge in [-0.25, -0.2) is 0 Å². The summed E-state index contributed by atoms with van der Waals surface area (Å²) < 4.78 is 6.73. The number of amides is 1. The normalized spacial score (nSPS) is 16.9. The summed E-state index contributed by atoms with van der Waals surface area (Å²) in [4.78, 5) is 26.5. The number of ether oxygens (including phenoxy) is 1. The molecule has 0 spiro atoms. The van der Waals surface area contributed by atoms with Crippen molar-refractivity contribution in [3.05, 3.63) is 42.2 Å². The number of carbonyl (C=O) groups excluding carboxylic acids is 1. The lowest BCUT2D eigenvalue weighted by Crippen LogP contribution is -2.40. The fourth-order valence-electron chi connectivity index (χ4n) is 3.32. The highest BCUT2D eigenvalue weighted by Gasteiger charge is 2.27. The molecule has 0 bridgehead atoms. The van der Waals surface area contributed by atoms with Crippen LogP contribution in [0.3, 0.4) is 0 Å². The molecule has 1 aromatic heterocycles. The number of likely N-dealkylation sites (tertiary alicyclic amines) is 1. The second-order valence-corrected chi connectivity index (χ2v) is 7.50. The van der Waals surface area contributed by atoms with E-state index in [2.05, 4.69) is 5.10 Å². The van der Waals surface area contributed by atoms with Gasteiger partial charge >= 0.3 is 5.97 Å². The number of methoxy groups -OCH3 is 1. The molecule has 1 aliphatic heterocycles. The molecule has 27 heavy (non-hydrogen) atoms. The number of carboxylic acids is 1. The standard InChI is InChI=1S/C19H23N3O4S/c1-26-15-5-2-6-16(10-15)27-13-18(23)21-9-3-4-14(11-21)17-7-8-20-22(17)12-19(24)25/h2,5-8,10,14H,3-4,9,11-13H2,1H3,(H,24,25). The highest BCUT2D eigenvalue weighted by Crippen LogP contribution is 2.28. The topological polar surface area (TPSA) is 84.7 Å². The first kappa shape index (κ1) is 19.3. The van der Waals surface area contributed by atoms with E-state index >= 15 is 0 Å². The van der Waals surface area contributed by atoms with Gasteiger partial charge in [-0.2, -0.15) is 5.10 Å². The number of thioether (sulfide) groups is 1. The molecule has 1 fully saturated rings. The van der Waals surface area contributed by atoms with Crippen molar-refractivity contribution >= 4 is 23.6 Å². The third-order valence-electron chi connectivity index (χ3n) is 4.63. The van der Waals surface area contributed by atoms with Crippen molar-refractivity contribution < 1.29 is 19.4 Å². The fraction of sp³-hybridized carbons (Fsp3) is 0.421. The van der Waals surface area contributed by atoms with Crippen LogP contribution in [0.4, 0.5) is 0 Å². The van der Waals surface area contributed by atoms with Crippen molar-refractivity contribution in [2.75, 3.05) is 26.0 Å². The molecule has 1 amide bonds. The Morgan fingerprint density at radius 1 is 1.37 bits per heavy atom. The van der Waals surface area contributed by atoms with Crippen LogP contribution in [0.5, 0.6) is 5.75 Å². The molecule has 1 unspecified atom stereocenters. The van der Waals surface area contributed by atoms with E-state index in [1.54, 1.807) is 13.3 Å². The van der Waals surface area contributed by atoms with Crippen LogP contribution in [-0.4, -0.2) is 57.6 Å². The molecule has 0 radical (unpaired) electrons. The van der Waals surface area contributed by atoms with Gasteiger partial charge in [-0.1, -0.05) is 6.07 Å². The number of hydrogen-bond acceptors (Lipinski definition) is 5. The molecule has 0 aliphatic carbocycles. The number of aliphatic carboxylic acids is 1. The Hall–Kier alpha value is -2.48. The second-order valence-electron chi connectivity index (χ2n) is 6.45. The Morgan fingerprint density at radius 2 is 2.22 bits per heavy atom. The van der Waals surface area contributed by atoms with Gasteiger partial charge in [-0.15, -0.1) is 11.8 Å². The molecular weight excluding hydrogens is 366 g/mol. The maximum absolute atomic E-state index is 12.7. The van der Waals surface area contributed by atoms with Crippen LogP contribution in [0.15, 0.2) is 41.4 Å². The van der Waals surface area contributed by atoms with Gasteiger partial charge in [0, 0.05) is 35.8 Å². The zero-order chi connectivity index (χ0) is 19.2. The van der Waals surface area contributed by atoms with E-state index in [4.69, 9.17) is 9.84 Å². The summed E-state index contributed by atoms with van der Waals surface area (Å²) >= 11 is 1.50. The minimum absolute atomic E-state index is 0.0943. The third kappa shape index (κ3) is 5.03. The number of carbonyl (C=O) groups is 2. The molecule has 2 aromatic rings. The molecule has 2 heterocycles. The quantitative estimate of drug-likeness (QED) is 0.733. The van der Waals surface area contributed by atoms with E-state index in [0.29, 0.717) is 12.3 Å². The Morgan fingerprint density at radius 3 is 3.00 bits per heavy atom. The van der Waals surface area contributed by atoms with E-state index in [-0.39, 0.29) is 18.4 Å². The summed E-state index contributed by atoms with van der Waals surface area (Å²) in [7, 11) is 1.62. The molecule has 8 heteroatoms. The molecule has 0 saturated carbocycles. The van der Waals surface area contributed by atoms with Gasteiger partial charge in [-0.05, 0) is 37.1 Å². The van der Waals surface area contributed by atoms with Gasteiger partial charge in [0.1, 0.15) is 12.3 Å². The zero-order valence-corrected chi connectivity index (χ0v) is 16.0. The highest BCUT2D eigenvalue weighted by atomic mass is 32.2. The van der Waals surface area contributed by atoms with E-state index in [1.165, 1.54) is 16.4 Å². The van der Waals surface area contributed by atoms with E-state index in [9.17, 15) is 9.59 Å². The van der Waals surface area contributed by atoms with Crippen LogP contribution >= 0.6 is 11.8 Å². The Kier molecular flexibility index (Phi) is 6.39. The largest absolute Gasteiger partial charge is 0.497 e. The van der Waals surface area contributed by atoms with Gasteiger partial charge in [0.2, 0.25) is 5.91 Å². The Labute approximate surface area is 162 Å². The van der Waals surface area contributed by atoms with E-state index < -0.39 is 5.97 Å². The van der Waals surface area contributed by atoms with Gasteiger partial charge < -0.3 is 14.7 Å². The number of carboxylic acid groups (broad SMARTS) is 1. The first-order valence-corrected chi connectivity index (χ1v) is 9.83. The summed E-state index contributed by atoms with van der Waals surface area (Å²) in [5.74, 6) is 0.438. The third-order valence-corrected chi connectivity index (χ3v) is 5.61. The molecule has 1 saturated heterocycles. The van der Waals surface area contributed by atoms with Gasteiger partial charge in [0.05, 0.1) is 12.9 Å². The van der Waals surface area contributed by atoms with Crippen LogP contribution in [0.1, 0.15) is 24.5 Å². The monoisotopic (exact) mass is 389 g/mol. The summed E-state index contributed by atoms with van der Waals surface area (Å²) in [6, 6.07) is 9.52. The summed E-state index contributed by atoms with van der Waals surface area (Å²) in [5, 5.41) is 13.1. The lowest BCUT2D eigenvalue weighted by molar-refractivity contribution is -0.138. The highest BCUT2D eigenvalue weighted by molar-refractivity contribution is 8.00. The lowest BCUT2D eigenvalue weighted by Gasteiger charge is -2.33. The molecule has 1 N–H and O–H groups in total. The van der Waals surface area contributed by atoms with Gasteiger partial charge in [-0.3, -0.25) is 14.3 Å². The Balaban J connectivity index is 1.59. The molecular formula is C19H23N3O4S. The number of hydrogen-bond donors (Lipinski definition) is 1. The average Bonchev–Trinajstić information content (AvgIpc) is 3.13. The minimum atomic E-state index is -0.918. The average molecular weight is 389 g/mol. The van der Waals surface area contributed by atoms with Crippen molar-refractivity contribution in [1.29, 1.82) is 0 Å². The number of benzene rings is 1. The van der Waals surface area contributed by atoms with E-state index in [1.807, 2.05) is 35.2 Å². The van der Waals surface area contributed by atoms with Gasteiger partial charge in [0.25, 0.3) is 0 Å². The van der Waals surface area contributed by atoms with Crippen LogP contribution in [0.2, 0.25) is 0 Å². The van der Waals surface area contributed by atoms with Crippen molar-refractivity contribution in [3.63, 3.8) is 0 Å². The first-order chi connectivity index (χ1) is 13.1. The second kappa shape index (κ2) is 8.94. The molecule has 144 valence electrons. The zero-order valence-electron chi connectivity index (χ0n) is 15.2. The summed E-state index contributed by atoms with van der Waals surface area (Å²) in [6.45, 7) is 1.18. The summed E-state index contributed by atoms with van der Waals surface area (Å²) in [6.07, 6.45) is 3.45. The fourth-order valence-corrected chi connectivity index (χ4v) is 4.17. The number of aromatic nitrogens is 2. The number of piperidine rings is 1. The first-order valence-electron chi connectivity index (χ1n) is 8.85. The molecule has 1 aliphatic rings. The summed E-state index contributed by atoms with van der Waals surface area (Å²) in [5.41, 5.74) is 0.885. The van der Waals surface area contributed by atoms with Crippen LogP contribution in [-0.2, 0) is 16.1 Å². The predicted molar refractivity (Wildman–Crippen MR) is 102 cm³/mol. The van der Waals surface area contributed by atoms with Crippen molar-refractivity contribution in [1.82, 2.24) is 14.7 Å². The minimum Gasteiger partial charge on any atom is -0.497 e. The SMILES string of the molecule is COc1cccc(SCC(=O)N2CCCC(c3ccnn3CC(=O)O)C2)c1. The maximum atomic E-state index is 12.7. The molecule has 1 atom stereocenters. The van der Waals surface area contributed by atoms with Crippen LogP contribution < -0.4 is 4.74 Å². The van der Waals surface area contributed by atoms with Crippen LogP contribution in [0.25, 0.3) is 0 Å². The van der Waals surface area contributed by atoms with Crippen molar-refractivity contribution in [2.45, 2.75) is 30.2 Å². The smallest absolute Gasteiger partial charge is 0.325 e. The molecule has 3 rings (SSSR count). The van der Waals surface area contributed by atoms with Gasteiger partial charge in [0.15, 0.2) is 0 Å². The number of rotatable bonds is 7. The van der Waals surface area contributed by atoms with Crippen molar-refractivity contribution in [2.24, 2.45) is 0 Å².